The van der Waals surface area contributed by atoms with E-state index in [4.69, 9.17) is 9.47 Å². The number of amides is 1. The maximum atomic E-state index is 11.8. The third-order valence-electron chi connectivity index (χ3n) is 4.42. The molecular formula is C20H32N4O3. The maximum Gasteiger partial charge on any atom is 0.409 e. The Hall–Kier alpha value is -2.44. The number of guanidine groups is 1. The maximum absolute atomic E-state index is 11.8. The van der Waals surface area contributed by atoms with Gasteiger partial charge in [-0.2, -0.15) is 0 Å². The van der Waals surface area contributed by atoms with Crippen molar-refractivity contribution >= 4 is 12.1 Å². The quantitative estimate of drug-likeness (QED) is 0.435. The summed E-state index contributed by atoms with van der Waals surface area (Å²) in [5.74, 6) is 1.69. The minimum atomic E-state index is -0.218. The Bertz CT molecular complexity index is 613. The lowest BCUT2D eigenvalue weighted by Crippen LogP contribution is -2.50. The van der Waals surface area contributed by atoms with Gasteiger partial charge in [0.15, 0.2) is 5.96 Å². The molecule has 7 nitrogen and oxygen atoms in total. The van der Waals surface area contributed by atoms with Gasteiger partial charge in [-0.05, 0) is 45.2 Å². The Labute approximate surface area is 162 Å². The number of para-hydroxylation sites is 1. The highest BCUT2D eigenvalue weighted by Gasteiger charge is 2.23. The number of hydrogen-bond donors (Lipinski definition) is 2. The molecule has 0 saturated carbocycles. The van der Waals surface area contributed by atoms with Crippen LogP contribution in [0.15, 0.2) is 29.3 Å². The molecule has 1 aliphatic heterocycles. The van der Waals surface area contributed by atoms with Gasteiger partial charge in [0, 0.05) is 25.7 Å². The molecule has 2 N–H and O–H groups in total. The molecular weight excluding hydrogens is 344 g/mol. The number of rotatable bonds is 7. The topological polar surface area (TPSA) is 75.2 Å². The fraction of sp³-hybridized carbons (Fsp3) is 0.600. The first-order valence-electron chi connectivity index (χ1n) is 9.79. The Kier molecular flexibility index (Phi) is 8.74. The Balaban J connectivity index is 1.77. The zero-order valence-corrected chi connectivity index (χ0v) is 16.7. The van der Waals surface area contributed by atoms with Crippen molar-refractivity contribution in [3.05, 3.63) is 29.8 Å². The molecule has 0 atom stereocenters. The van der Waals surface area contributed by atoms with Crippen molar-refractivity contribution in [3.8, 4) is 5.75 Å². The second-order valence-electron chi connectivity index (χ2n) is 6.48. The molecule has 7 heteroatoms. The first-order chi connectivity index (χ1) is 13.1. The van der Waals surface area contributed by atoms with E-state index in [1.165, 1.54) is 0 Å². The summed E-state index contributed by atoms with van der Waals surface area (Å²) in [5, 5.41) is 6.74. The predicted molar refractivity (Wildman–Crippen MR) is 107 cm³/mol. The minimum Gasteiger partial charge on any atom is -0.491 e. The number of benzene rings is 1. The van der Waals surface area contributed by atoms with Crippen LogP contribution < -0.4 is 15.4 Å². The summed E-state index contributed by atoms with van der Waals surface area (Å²) >= 11 is 0. The van der Waals surface area contributed by atoms with Gasteiger partial charge in [-0.1, -0.05) is 18.2 Å². The number of likely N-dealkylation sites (tertiary alicyclic amines) is 1. The highest BCUT2D eigenvalue weighted by molar-refractivity contribution is 5.80. The van der Waals surface area contributed by atoms with Crippen LogP contribution in [0.1, 0.15) is 32.3 Å². The van der Waals surface area contributed by atoms with Crippen LogP contribution in [0.2, 0.25) is 0 Å². The molecule has 1 aromatic rings. The van der Waals surface area contributed by atoms with Gasteiger partial charge in [0.05, 0.1) is 13.2 Å². The van der Waals surface area contributed by atoms with Crippen LogP contribution in [0.5, 0.6) is 5.75 Å². The van der Waals surface area contributed by atoms with Crippen LogP contribution >= 0.6 is 0 Å². The van der Waals surface area contributed by atoms with Crippen LogP contribution in [0.25, 0.3) is 0 Å². The summed E-state index contributed by atoms with van der Waals surface area (Å²) in [5.41, 5.74) is 1.12. The standard InChI is InChI=1S/C20H32N4O3/c1-4-21-19(22-12-15-27-18-9-7-6-8-16(18)3)23-17-10-13-24(14-11-17)20(25)26-5-2/h6-9,17H,4-5,10-15H2,1-3H3,(H2,21,22,23). The molecule has 1 aromatic carbocycles. The number of piperidine rings is 1. The number of ether oxygens (including phenoxy) is 2. The average molecular weight is 377 g/mol. The second-order valence-corrected chi connectivity index (χ2v) is 6.48. The molecule has 2 rings (SSSR count). The van der Waals surface area contributed by atoms with Gasteiger partial charge in [0.1, 0.15) is 12.4 Å². The lowest BCUT2D eigenvalue weighted by molar-refractivity contribution is 0.0963. The fourth-order valence-corrected chi connectivity index (χ4v) is 2.97. The van der Waals surface area contributed by atoms with E-state index in [1.807, 2.05) is 45.0 Å². The number of hydrogen-bond acceptors (Lipinski definition) is 4. The van der Waals surface area contributed by atoms with Crippen molar-refractivity contribution in [3.63, 3.8) is 0 Å². The third kappa shape index (κ3) is 7.00. The predicted octanol–water partition coefficient (Wildman–Crippen LogP) is 2.55. The molecule has 1 heterocycles. The van der Waals surface area contributed by atoms with Crippen molar-refractivity contribution in [2.45, 2.75) is 39.7 Å². The van der Waals surface area contributed by atoms with Crippen molar-refractivity contribution in [2.24, 2.45) is 4.99 Å². The SMILES string of the molecule is CCNC(=NCCOc1ccccc1C)NC1CCN(C(=O)OCC)CC1. The molecule has 1 amide bonds. The molecule has 0 aliphatic carbocycles. The molecule has 27 heavy (non-hydrogen) atoms. The van der Waals surface area contributed by atoms with Gasteiger partial charge in [-0.3, -0.25) is 0 Å². The minimum absolute atomic E-state index is 0.218. The number of aryl methyl sites for hydroxylation is 1. The van der Waals surface area contributed by atoms with Gasteiger partial charge >= 0.3 is 6.09 Å². The van der Waals surface area contributed by atoms with Crippen molar-refractivity contribution in [1.29, 1.82) is 0 Å². The van der Waals surface area contributed by atoms with Crippen LogP contribution in [-0.4, -0.2) is 62.4 Å². The zero-order chi connectivity index (χ0) is 19.5. The van der Waals surface area contributed by atoms with Crippen LogP contribution in [0.4, 0.5) is 4.79 Å². The van der Waals surface area contributed by atoms with Gasteiger partial charge in [-0.15, -0.1) is 0 Å². The summed E-state index contributed by atoms with van der Waals surface area (Å²) in [7, 11) is 0. The van der Waals surface area contributed by atoms with Crippen molar-refractivity contribution in [1.82, 2.24) is 15.5 Å². The van der Waals surface area contributed by atoms with Crippen LogP contribution in [0.3, 0.4) is 0 Å². The normalized spacial score (nSPS) is 15.4. The highest BCUT2D eigenvalue weighted by atomic mass is 16.6. The molecule has 150 valence electrons. The Morgan fingerprint density at radius 2 is 2.00 bits per heavy atom. The molecule has 0 bridgehead atoms. The number of aliphatic imine (C=N–C) groups is 1. The smallest absolute Gasteiger partial charge is 0.409 e. The van der Waals surface area contributed by atoms with E-state index < -0.39 is 0 Å². The Morgan fingerprint density at radius 1 is 1.26 bits per heavy atom. The van der Waals surface area contributed by atoms with Gasteiger partial charge < -0.3 is 25.0 Å². The molecule has 0 unspecified atom stereocenters. The summed E-state index contributed by atoms with van der Waals surface area (Å²) in [4.78, 5) is 18.1. The number of carbonyl (C=O) groups excluding carboxylic acids is 1. The molecule has 0 radical (unpaired) electrons. The molecule has 0 aromatic heterocycles. The van der Waals surface area contributed by atoms with E-state index in [2.05, 4.69) is 15.6 Å². The number of carbonyl (C=O) groups is 1. The lowest BCUT2D eigenvalue weighted by atomic mass is 10.1. The first-order valence-corrected chi connectivity index (χ1v) is 9.79. The highest BCUT2D eigenvalue weighted by Crippen LogP contribution is 2.15. The van der Waals surface area contributed by atoms with Gasteiger partial charge in [0.25, 0.3) is 0 Å². The summed E-state index contributed by atoms with van der Waals surface area (Å²) in [6.45, 7) is 9.63. The molecule has 1 saturated heterocycles. The first kappa shape index (κ1) is 20.9. The molecule has 1 fully saturated rings. The van der Waals surface area contributed by atoms with E-state index in [0.29, 0.717) is 38.9 Å². The van der Waals surface area contributed by atoms with Crippen molar-refractivity contribution in [2.75, 3.05) is 39.4 Å². The van der Waals surface area contributed by atoms with E-state index >= 15 is 0 Å². The zero-order valence-electron chi connectivity index (χ0n) is 16.7. The summed E-state index contributed by atoms with van der Waals surface area (Å²) in [6.07, 6.45) is 1.54. The van der Waals surface area contributed by atoms with Crippen molar-refractivity contribution < 1.29 is 14.3 Å². The number of nitrogens with zero attached hydrogens (tertiary/aromatic N) is 2. The average Bonchev–Trinajstić information content (AvgIpc) is 2.67. The lowest BCUT2D eigenvalue weighted by Gasteiger charge is -2.32. The van der Waals surface area contributed by atoms with E-state index in [9.17, 15) is 4.79 Å². The second kappa shape index (κ2) is 11.3. The van der Waals surface area contributed by atoms with Gasteiger partial charge in [0.2, 0.25) is 0 Å². The largest absolute Gasteiger partial charge is 0.491 e. The van der Waals surface area contributed by atoms with Crippen LogP contribution in [0, 0.1) is 6.92 Å². The summed E-state index contributed by atoms with van der Waals surface area (Å²) in [6, 6.07) is 8.28. The fourth-order valence-electron chi connectivity index (χ4n) is 2.97. The van der Waals surface area contributed by atoms with E-state index in [0.717, 1.165) is 36.7 Å². The van der Waals surface area contributed by atoms with Gasteiger partial charge in [-0.25, -0.2) is 9.79 Å². The Morgan fingerprint density at radius 3 is 2.67 bits per heavy atom. The van der Waals surface area contributed by atoms with E-state index in [1.54, 1.807) is 4.90 Å². The summed E-state index contributed by atoms with van der Waals surface area (Å²) < 4.78 is 10.9. The monoisotopic (exact) mass is 376 g/mol. The molecule has 0 spiro atoms. The third-order valence-corrected chi connectivity index (χ3v) is 4.42. The van der Waals surface area contributed by atoms with Crippen LogP contribution in [-0.2, 0) is 4.74 Å². The van der Waals surface area contributed by atoms with E-state index in [-0.39, 0.29) is 6.09 Å². The molecule has 1 aliphatic rings. The number of nitrogens with one attached hydrogen (secondary N) is 2.